The molecule has 17 heavy (non-hydrogen) atoms. The van der Waals surface area contributed by atoms with Gasteiger partial charge in [0.25, 0.3) is 0 Å². The van der Waals surface area contributed by atoms with Crippen LogP contribution < -0.4 is 4.18 Å². The molecule has 0 fully saturated rings. The summed E-state index contributed by atoms with van der Waals surface area (Å²) in [4.78, 5) is 0.455. The number of rotatable bonds is 3. The summed E-state index contributed by atoms with van der Waals surface area (Å²) in [5, 5.41) is 18.2. The van der Waals surface area contributed by atoms with Gasteiger partial charge in [0.2, 0.25) is 11.1 Å². The lowest BCUT2D eigenvalue weighted by atomic mass is 10.3. The maximum absolute atomic E-state index is 11.8. The Balaban J connectivity index is 2.11. The van der Waals surface area contributed by atoms with Crippen molar-refractivity contribution >= 4 is 11.1 Å². The Morgan fingerprint density at radius 2 is 1.29 bits per heavy atom. The van der Waals surface area contributed by atoms with Crippen LogP contribution in [0.3, 0.4) is 0 Å². The molecule has 4 nitrogen and oxygen atoms in total. The molecule has 2 rings (SSSR count). The molecule has 0 saturated carbocycles. The van der Waals surface area contributed by atoms with Crippen LogP contribution in [0.25, 0.3) is 0 Å². The van der Waals surface area contributed by atoms with E-state index in [-0.39, 0.29) is 11.5 Å². The first-order valence-electron chi connectivity index (χ1n) is 4.83. The average Bonchev–Trinajstić information content (AvgIpc) is 2.33. The second-order valence-electron chi connectivity index (χ2n) is 3.31. The van der Waals surface area contributed by atoms with Gasteiger partial charge in [-0.2, -0.15) is 0 Å². The van der Waals surface area contributed by atoms with Crippen LogP contribution in [-0.4, -0.2) is 14.4 Å². The van der Waals surface area contributed by atoms with Crippen LogP contribution in [-0.2, 0) is 11.1 Å². The number of phenolic OH excluding ortho intramolecular Hbond substituents is 2. The summed E-state index contributed by atoms with van der Waals surface area (Å²) in [5.74, 6) is 0.623. The van der Waals surface area contributed by atoms with E-state index in [1.165, 1.54) is 48.5 Å². The first-order valence-corrected chi connectivity index (χ1v) is 5.91. The largest absolute Gasteiger partial charge is 0.508 e. The molecular formula is C12H10O4S. The Morgan fingerprint density at radius 1 is 0.824 bits per heavy atom. The zero-order valence-corrected chi connectivity index (χ0v) is 9.55. The Bertz CT molecular complexity index is 519. The van der Waals surface area contributed by atoms with Gasteiger partial charge in [0, 0.05) is 0 Å². The van der Waals surface area contributed by atoms with Crippen LogP contribution in [0.15, 0.2) is 53.4 Å². The minimum atomic E-state index is -1.64. The molecule has 2 aromatic rings. The molecule has 88 valence electrons. The van der Waals surface area contributed by atoms with Crippen molar-refractivity contribution in [2.75, 3.05) is 0 Å². The van der Waals surface area contributed by atoms with E-state index in [0.29, 0.717) is 10.6 Å². The SMILES string of the molecule is O=S(Oc1ccc(O)cc1)c1ccc(O)cc1. The highest BCUT2D eigenvalue weighted by Crippen LogP contribution is 2.20. The summed E-state index contributed by atoms with van der Waals surface area (Å²) in [6.07, 6.45) is 0. The van der Waals surface area contributed by atoms with Gasteiger partial charge in [-0.25, -0.2) is 4.21 Å². The van der Waals surface area contributed by atoms with E-state index in [2.05, 4.69) is 0 Å². The van der Waals surface area contributed by atoms with Crippen molar-refractivity contribution in [1.82, 2.24) is 0 Å². The smallest absolute Gasteiger partial charge is 0.240 e. The predicted octanol–water partition coefficient (Wildman–Crippen LogP) is 2.20. The molecule has 0 bridgehead atoms. The molecule has 1 unspecified atom stereocenters. The molecule has 0 amide bonds. The Hall–Kier alpha value is -2.01. The minimum absolute atomic E-state index is 0.107. The van der Waals surface area contributed by atoms with E-state index in [0.717, 1.165) is 0 Å². The van der Waals surface area contributed by atoms with E-state index in [1.54, 1.807) is 0 Å². The Labute approximate surface area is 101 Å². The highest BCUT2D eigenvalue weighted by molar-refractivity contribution is 7.80. The number of hydrogen-bond acceptors (Lipinski definition) is 4. The molecule has 1 atom stereocenters. The van der Waals surface area contributed by atoms with Gasteiger partial charge in [0.05, 0.1) is 4.90 Å². The summed E-state index contributed by atoms with van der Waals surface area (Å²) in [6.45, 7) is 0. The van der Waals surface area contributed by atoms with Crippen LogP contribution in [0, 0.1) is 0 Å². The summed E-state index contributed by atoms with van der Waals surface area (Å²) < 4.78 is 16.9. The second kappa shape index (κ2) is 4.88. The van der Waals surface area contributed by atoms with Gasteiger partial charge in [-0.15, -0.1) is 0 Å². The van der Waals surface area contributed by atoms with Crippen molar-refractivity contribution in [3.63, 3.8) is 0 Å². The number of phenols is 2. The van der Waals surface area contributed by atoms with Gasteiger partial charge >= 0.3 is 0 Å². The van der Waals surface area contributed by atoms with Crippen LogP contribution in [0.4, 0.5) is 0 Å². The highest BCUT2D eigenvalue weighted by Gasteiger charge is 2.06. The molecule has 2 aromatic carbocycles. The molecule has 5 heteroatoms. The minimum Gasteiger partial charge on any atom is -0.508 e. The third-order valence-corrected chi connectivity index (χ3v) is 3.04. The van der Waals surface area contributed by atoms with E-state index < -0.39 is 11.1 Å². The molecule has 0 saturated heterocycles. The molecule has 0 aliphatic carbocycles. The van der Waals surface area contributed by atoms with Crippen molar-refractivity contribution in [3.05, 3.63) is 48.5 Å². The number of aromatic hydroxyl groups is 2. The van der Waals surface area contributed by atoms with E-state index in [1.807, 2.05) is 0 Å². The third-order valence-electron chi connectivity index (χ3n) is 2.04. The van der Waals surface area contributed by atoms with E-state index in [4.69, 9.17) is 14.4 Å². The first kappa shape index (κ1) is 11.5. The first-order chi connectivity index (χ1) is 8.15. The standard InChI is InChI=1S/C12H10O4S/c13-9-1-5-11(6-2-9)16-17(15)12-7-3-10(14)4-8-12/h1-8,13-14H. The van der Waals surface area contributed by atoms with Crippen molar-refractivity contribution in [3.8, 4) is 17.2 Å². The molecule has 0 heterocycles. The average molecular weight is 250 g/mol. The van der Waals surface area contributed by atoms with Crippen LogP contribution in [0.5, 0.6) is 17.2 Å². The molecular weight excluding hydrogens is 240 g/mol. The summed E-state index contributed by atoms with van der Waals surface area (Å²) in [5.41, 5.74) is 0. The van der Waals surface area contributed by atoms with Crippen LogP contribution >= 0.6 is 0 Å². The lowest BCUT2D eigenvalue weighted by Crippen LogP contribution is -2.00. The molecule has 0 aliphatic rings. The molecule has 0 aliphatic heterocycles. The third kappa shape index (κ3) is 2.98. The quantitative estimate of drug-likeness (QED) is 0.876. The predicted molar refractivity (Wildman–Crippen MR) is 63.3 cm³/mol. The fourth-order valence-electron chi connectivity index (χ4n) is 1.19. The van der Waals surface area contributed by atoms with Crippen LogP contribution in [0.1, 0.15) is 0 Å². The molecule has 0 spiro atoms. The normalized spacial score (nSPS) is 12.0. The summed E-state index contributed by atoms with van der Waals surface area (Å²) in [7, 11) is 0. The zero-order chi connectivity index (χ0) is 12.3. The Morgan fingerprint density at radius 3 is 1.82 bits per heavy atom. The molecule has 2 N–H and O–H groups in total. The van der Waals surface area contributed by atoms with E-state index >= 15 is 0 Å². The van der Waals surface area contributed by atoms with Gasteiger partial charge in [0.1, 0.15) is 17.2 Å². The van der Waals surface area contributed by atoms with Gasteiger partial charge in [-0.1, -0.05) is 0 Å². The van der Waals surface area contributed by atoms with Gasteiger partial charge in [-0.05, 0) is 48.5 Å². The van der Waals surface area contributed by atoms with Crippen molar-refractivity contribution in [2.24, 2.45) is 0 Å². The number of benzene rings is 2. The maximum Gasteiger partial charge on any atom is 0.240 e. The maximum atomic E-state index is 11.8. The fraction of sp³-hybridized carbons (Fsp3) is 0. The summed E-state index contributed by atoms with van der Waals surface area (Å²) in [6, 6.07) is 11.9. The summed E-state index contributed by atoms with van der Waals surface area (Å²) >= 11 is -1.64. The number of hydrogen-bond donors (Lipinski definition) is 2. The highest BCUT2D eigenvalue weighted by atomic mass is 32.2. The zero-order valence-electron chi connectivity index (χ0n) is 8.74. The van der Waals surface area contributed by atoms with E-state index in [9.17, 15) is 4.21 Å². The topological polar surface area (TPSA) is 66.8 Å². The second-order valence-corrected chi connectivity index (χ2v) is 4.41. The van der Waals surface area contributed by atoms with Crippen molar-refractivity contribution in [2.45, 2.75) is 4.90 Å². The monoisotopic (exact) mass is 250 g/mol. The van der Waals surface area contributed by atoms with Gasteiger partial charge in [0.15, 0.2) is 0 Å². The van der Waals surface area contributed by atoms with Gasteiger partial charge < -0.3 is 14.4 Å². The molecule has 0 radical (unpaired) electrons. The van der Waals surface area contributed by atoms with Crippen LogP contribution in [0.2, 0.25) is 0 Å². The lowest BCUT2D eigenvalue weighted by Gasteiger charge is -2.04. The van der Waals surface area contributed by atoms with Crippen molar-refractivity contribution in [1.29, 1.82) is 0 Å². The fourth-order valence-corrected chi connectivity index (χ4v) is 1.93. The van der Waals surface area contributed by atoms with Crippen molar-refractivity contribution < 1.29 is 18.6 Å². The lowest BCUT2D eigenvalue weighted by molar-refractivity contribution is 0.473. The Kier molecular flexibility index (Phi) is 3.30. The van der Waals surface area contributed by atoms with Gasteiger partial charge in [-0.3, -0.25) is 0 Å². The molecule has 0 aromatic heterocycles.